The van der Waals surface area contributed by atoms with Gasteiger partial charge in [0.2, 0.25) is 11.8 Å². The van der Waals surface area contributed by atoms with Crippen molar-refractivity contribution in [3.63, 3.8) is 0 Å². The van der Waals surface area contributed by atoms with E-state index in [-0.39, 0.29) is 24.3 Å². The van der Waals surface area contributed by atoms with Gasteiger partial charge in [0.1, 0.15) is 11.6 Å². The van der Waals surface area contributed by atoms with Gasteiger partial charge < -0.3 is 24.5 Å². The SMILES string of the molecule is CC[C@@]12C=CCN(C)C(=O)[C@@H]1[C@H]1C(=O)N(CCCCO)C3C(=O)N(c4ccc5ccccc5c4)CC=C[C@@]31O2. The van der Waals surface area contributed by atoms with Crippen molar-refractivity contribution in [3.05, 3.63) is 66.8 Å². The molecule has 0 bridgehead atoms. The summed E-state index contributed by atoms with van der Waals surface area (Å²) in [6, 6.07) is 13.0. The Morgan fingerprint density at radius 2 is 1.69 bits per heavy atom. The molecule has 4 aliphatic rings. The predicted molar refractivity (Wildman–Crippen MR) is 148 cm³/mol. The molecule has 2 aromatic rings. The summed E-state index contributed by atoms with van der Waals surface area (Å²) in [5, 5.41) is 11.5. The monoisotopic (exact) mass is 529 g/mol. The van der Waals surface area contributed by atoms with Gasteiger partial charge in [-0.15, -0.1) is 0 Å². The third kappa shape index (κ3) is 3.76. The van der Waals surface area contributed by atoms with Crippen LogP contribution in [0.25, 0.3) is 10.8 Å². The van der Waals surface area contributed by atoms with Crippen LogP contribution in [0.5, 0.6) is 0 Å². The van der Waals surface area contributed by atoms with Gasteiger partial charge in [-0.1, -0.05) is 61.6 Å². The first-order valence-electron chi connectivity index (χ1n) is 13.9. The van der Waals surface area contributed by atoms with E-state index < -0.39 is 29.1 Å². The molecule has 0 radical (unpaired) electrons. The average Bonchev–Trinajstić information content (AvgIpc) is 3.24. The number of aliphatic hydroxyl groups is 1. The van der Waals surface area contributed by atoms with E-state index in [0.717, 1.165) is 16.5 Å². The minimum Gasteiger partial charge on any atom is -0.396 e. The molecule has 5 atom stereocenters. The minimum atomic E-state index is -1.27. The van der Waals surface area contributed by atoms with Crippen LogP contribution in [-0.2, 0) is 19.1 Å². The highest BCUT2D eigenvalue weighted by atomic mass is 16.5. The van der Waals surface area contributed by atoms with Crippen LogP contribution in [0.1, 0.15) is 26.2 Å². The lowest BCUT2D eigenvalue weighted by Gasteiger charge is -2.38. The third-order valence-corrected chi connectivity index (χ3v) is 8.99. The molecule has 2 saturated heterocycles. The number of carbonyl (C=O) groups is 3. The Balaban J connectivity index is 1.47. The number of hydrogen-bond acceptors (Lipinski definition) is 5. The van der Waals surface area contributed by atoms with Gasteiger partial charge in [0.25, 0.3) is 5.91 Å². The van der Waals surface area contributed by atoms with E-state index in [9.17, 15) is 19.5 Å². The lowest BCUT2D eigenvalue weighted by Crippen LogP contribution is -2.56. The fourth-order valence-corrected chi connectivity index (χ4v) is 7.09. The molecule has 6 rings (SSSR count). The maximum atomic E-state index is 14.6. The van der Waals surface area contributed by atoms with Crippen LogP contribution in [0, 0.1) is 11.8 Å². The number of hydrogen-bond donors (Lipinski definition) is 1. The van der Waals surface area contributed by atoms with Crippen LogP contribution >= 0.6 is 0 Å². The maximum absolute atomic E-state index is 14.6. The summed E-state index contributed by atoms with van der Waals surface area (Å²) in [5.41, 5.74) is -1.49. The van der Waals surface area contributed by atoms with Crippen molar-refractivity contribution in [2.45, 2.75) is 43.4 Å². The molecule has 0 saturated carbocycles. The molecular formula is C31H35N3O5. The predicted octanol–water partition coefficient (Wildman–Crippen LogP) is 2.90. The Bertz CT molecular complexity index is 1390. The van der Waals surface area contributed by atoms with Crippen molar-refractivity contribution in [1.29, 1.82) is 0 Å². The fraction of sp³-hybridized carbons (Fsp3) is 0.452. The van der Waals surface area contributed by atoms with E-state index in [1.54, 1.807) is 21.7 Å². The van der Waals surface area contributed by atoms with Crippen LogP contribution in [0.2, 0.25) is 0 Å². The fourth-order valence-electron chi connectivity index (χ4n) is 7.09. The number of ether oxygens (including phenoxy) is 1. The Hall–Kier alpha value is -3.49. The lowest BCUT2D eigenvalue weighted by atomic mass is 9.73. The largest absolute Gasteiger partial charge is 0.396 e. The van der Waals surface area contributed by atoms with E-state index in [4.69, 9.17) is 4.74 Å². The van der Waals surface area contributed by atoms with E-state index in [2.05, 4.69) is 0 Å². The van der Waals surface area contributed by atoms with Gasteiger partial charge in [-0.3, -0.25) is 14.4 Å². The second-order valence-corrected chi connectivity index (χ2v) is 11.1. The molecule has 4 aliphatic heterocycles. The Morgan fingerprint density at radius 1 is 0.923 bits per heavy atom. The zero-order chi connectivity index (χ0) is 27.4. The first-order chi connectivity index (χ1) is 18.9. The Kier molecular flexibility index (Phi) is 6.35. The number of likely N-dealkylation sites (tertiary alicyclic amines) is 1. The lowest BCUT2D eigenvalue weighted by molar-refractivity contribution is -0.149. The van der Waals surface area contributed by atoms with Crippen LogP contribution in [0.3, 0.4) is 0 Å². The second-order valence-electron chi connectivity index (χ2n) is 11.1. The van der Waals surface area contributed by atoms with E-state index in [0.29, 0.717) is 38.9 Å². The molecule has 8 nitrogen and oxygen atoms in total. The van der Waals surface area contributed by atoms with Crippen molar-refractivity contribution in [1.82, 2.24) is 9.80 Å². The molecule has 0 aliphatic carbocycles. The molecule has 2 aromatic carbocycles. The van der Waals surface area contributed by atoms with Crippen molar-refractivity contribution in [2.75, 3.05) is 38.2 Å². The summed E-state index contributed by atoms with van der Waals surface area (Å²) in [4.78, 5) is 47.6. The number of fused-ring (bicyclic) bond motifs is 3. The van der Waals surface area contributed by atoms with E-state index in [1.165, 1.54) is 0 Å². The highest BCUT2D eigenvalue weighted by molar-refractivity contribution is 6.06. The van der Waals surface area contributed by atoms with Crippen molar-refractivity contribution < 1.29 is 24.2 Å². The zero-order valence-corrected chi connectivity index (χ0v) is 22.5. The number of unbranched alkanes of at least 4 members (excludes halogenated alkanes) is 1. The van der Waals surface area contributed by atoms with Gasteiger partial charge in [0.05, 0.1) is 17.4 Å². The number of anilines is 1. The third-order valence-electron chi connectivity index (χ3n) is 8.99. The van der Waals surface area contributed by atoms with Crippen molar-refractivity contribution in [2.24, 2.45) is 11.8 Å². The van der Waals surface area contributed by atoms with Gasteiger partial charge in [0.15, 0.2) is 0 Å². The number of aliphatic hydroxyl groups excluding tert-OH is 1. The Labute approximate surface area is 228 Å². The van der Waals surface area contributed by atoms with Crippen LogP contribution in [0.15, 0.2) is 66.8 Å². The number of nitrogens with zero attached hydrogens (tertiary/aromatic N) is 3. The molecule has 0 aromatic heterocycles. The molecule has 2 fully saturated rings. The summed E-state index contributed by atoms with van der Waals surface area (Å²) in [7, 11) is 1.74. The number of likely N-dealkylation sites (N-methyl/N-ethyl adjacent to an activating group) is 1. The van der Waals surface area contributed by atoms with Gasteiger partial charge in [-0.2, -0.15) is 0 Å². The molecule has 4 heterocycles. The topological polar surface area (TPSA) is 90.4 Å². The van der Waals surface area contributed by atoms with E-state index >= 15 is 0 Å². The average molecular weight is 530 g/mol. The van der Waals surface area contributed by atoms with Crippen molar-refractivity contribution >= 4 is 34.2 Å². The zero-order valence-electron chi connectivity index (χ0n) is 22.5. The number of rotatable bonds is 6. The molecule has 204 valence electrons. The molecule has 1 spiro atoms. The van der Waals surface area contributed by atoms with Crippen LogP contribution in [0.4, 0.5) is 5.69 Å². The summed E-state index contributed by atoms with van der Waals surface area (Å²) < 4.78 is 6.95. The van der Waals surface area contributed by atoms with Crippen molar-refractivity contribution in [3.8, 4) is 0 Å². The second kappa shape index (κ2) is 9.61. The molecule has 8 heteroatoms. The minimum absolute atomic E-state index is 0.00444. The summed E-state index contributed by atoms with van der Waals surface area (Å²) in [6.45, 7) is 3.06. The molecule has 1 N–H and O–H groups in total. The number of carbonyl (C=O) groups excluding carboxylic acids is 3. The smallest absolute Gasteiger partial charge is 0.253 e. The van der Waals surface area contributed by atoms with Gasteiger partial charge in [0, 0.05) is 39.0 Å². The van der Waals surface area contributed by atoms with Gasteiger partial charge in [-0.25, -0.2) is 0 Å². The van der Waals surface area contributed by atoms with Gasteiger partial charge >= 0.3 is 0 Å². The van der Waals surface area contributed by atoms with Gasteiger partial charge in [-0.05, 0) is 42.2 Å². The normalized spacial score (nSPS) is 31.9. The number of benzene rings is 2. The molecular weight excluding hydrogens is 494 g/mol. The Morgan fingerprint density at radius 3 is 2.46 bits per heavy atom. The summed E-state index contributed by atoms with van der Waals surface area (Å²) >= 11 is 0. The first-order valence-corrected chi connectivity index (χ1v) is 13.9. The van der Waals surface area contributed by atoms with E-state index in [1.807, 2.05) is 73.7 Å². The molecule has 39 heavy (non-hydrogen) atoms. The highest BCUT2D eigenvalue weighted by Gasteiger charge is 2.75. The number of amides is 3. The molecule has 3 amide bonds. The first kappa shape index (κ1) is 25.8. The molecule has 1 unspecified atom stereocenters. The quantitative estimate of drug-likeness (QED) is 0.459. The summed E-state index contributed by atoms with van der Waals surface area (Å²) in [5.74, 6) is -2.12. The maximum Gasteiger partial charge on any atom is 0.253 e. The van der Waals surface area contributed by atoms with Crippen LogP contribution < -0.4 is 4.90 Å². The standard InChI is InChI=1S/C31H35N3O5/c1-3-30-14-8-16-32(2)27(36)24(30)25-28(37)34(17-6-7-19-35)26-29(38)33(18-9-15-31(25,26)39-30)23-13-12-21-10-4-5-11-22(21)20-23/h4-5,8-15,20,24-26,35H,3,6-7,16-19H2,1-2H3/t24-,25-,26?,30+,31-/m0/s1. The summed E-state index contributed by atoms with van der Waals surface area (Å²) in [6.07, 6.45) is 9.24. The van der Waals surface area contributed by atoms with Crippen LogP contribution in [-0.4, -0.2) is 83.2 Å². The highest BCUT2D eigenvalue weighted by Crippen LogP contribution is 2.58.